The lowest BCUT2D eigenvalue weighted by molar-refractivity contribution is 0.334. The van der Waals surface area contributed by atoms with Crippen LogP contribution < -0.4 is 4.74 Å². The summed E-state index contributed by atoms with van der Waals surface area (Å²) in [6.07, 6.45) is 0. The maximum atomic E-state index is 8.75. The molecule has 1 N–H and O–H groups in total. The van der Waals surface area contributed by atoms with Crippen molar-refractivity contribution in [3.8, 4) is 29.7 Å². The average Bonchev–Trinajstić information content (AvgIpc) is 2.46. The fourth-order valence-corrected chi connectivity index (χ4v) is 1.71. The van der Waals surface area contributed by atoms with Crippen LogP contribution in [-0.2, 0) is 6.54 Å². The highest BCUT2D eigenvalue weighted by atomic mass is 16.5. The fraction of sp³-hybridized carbons (Fsp3) is 0.333. The van der Waals surface area contributed by atoms with Crippen LogP contribution in [0.5, 0.6) is 5.75 Å². The van der Waals surface area contributed by atoms with Crippen molar-refractivity contribution in [2.24, 2.45) is 0 Å². The predicted octanol–water partition coefficient (Wildman–Crippen LogP) is 0.888. The maximum absolute atomic E-state index is 8.75. The molecule has 5 nitrogen and oxygen atoms in total. The molecule has 0 aliphatic carbocycles. The molecule has 0 amide bonds. The molecule has 0 spiro atoms. The molecule has 0 heterocycles. The second-order valence-electron chi connectivity index (χ2n) is 3.96. The number of nitriles is 2. The van der Waals surface area contributed by atoms with Crippen LogP contribution in [0.3, 0.4) is 0 Å². The largest absolute Gasteiger partial charge is 0.495 e. The van der Waals surface area contributed by atoms with Gasteiger partial charge in [-0.15, -0.1) is 0 Å². The van der Waals surface area contributed by atoms with Crippen molar-refractivity contribution in [3.63, 3.8) is 0 Å². The molecular formula is C15H15N3O2. The van der Waals surface area contributed by atoms with E-state index in [-0.39, 0.29) is 19.7 Å². The smallest absolute Gasteiger partial charge is 0.134 e. The van der Waals surface area contributed by atoms with Crippen molar-refractivity contribution < 1.29 is 9.84 Å². The van der Waals surface area contributed by atoms with Crippen molar-refractivity contribution in [1.82, 2.24) is 4.90 Å². The lowest BCUT2D eigenvalue weighted by atomic mass is 10.1. The Bertz CT molecular complexity index is 572. The van der Waals surface area contributed by atoms with Gasteiger partial charge in [-0.1, -0.05) is 17.9 Å². The van der Waals surface area contributed by atoms with Gasteiger partial charge in [0.05, 0.1) is 37.9 Å². The van der Waals surface area contributed by atoms with Crippen molar-refractivity contribution in [3.05, 3.63) is 29.3 Å². The highest BCUT2D eigenvalue weighted by molar-refractivity contribution is 5.48. The molecule has 0 aliphatic heterocycles. The van der Waals surface area contributed by atoms with E-state index in [4.69, 9.17) is 20.4 Å². The second kappa shape index (κ2) is 8.56. The summed E-state index contributed by atoms with van der Waals surface area (Å²) in [4.78, 5) is 1.73. The Morgan fingerprint density at radius 1 is 1.25 bits per heavy atom. The maximum Gasteiger partial charge on any atom is 0.134 e. The molecular weight excluding hydrogens is 254 g/mol. The molecule has 0 unspecified atom stereocenters. The number of aliphatic hydroxyl groups excluding tert-OH is 1. The standard InChI is InChI=1S/C15H15N3O2/c1-20-15-5-4-13(11-14(15)3-2-10-19)12-18(8-6-16)9-7-17/h4-5,11,19H,8-10,12H2,1H3. The van der Waals surface area contributed by atoms with Crippen molar-refractivity contribution >= 4 is 0 Å². The Morgan fingerprint density at radius 2 is 1.95 bits per heavy atom. The van der Waals surface area contributed by atoms with E-state index in [0.29, 0.717) is 17.9 Å². The topological polar surface area (TPSA) is 80.3 Å². The molecule has 0 bridgehead atoms. The van der Waals surface area contributed by atoms with Gasteiger partial charge in [0.2, 0.25) is 0 Å². The van der Waals surface area contributed by atoms with E-state index >= 15 is 0 Å². The first-order valence-electron chi connectivity index (χ1n) is 5.98. The third-order valence-electron chi connectivity index (χ3n) is 2.56. The molecule has 5 heteroatoms. The van der Waals surface area contributed by atoms with Gasteiger partial charge in [-0.3, -0.25) is 4.90 Å². The van der Waals surface area contributed by atoms with Gasteiger partial charge in [0, 0.05) is 6.54 Å². The quantitative estimate of drug-likeness (QED) is 0.634. The van der Waals surface area contributed by atoms with Crippen molar-refractivity contribution in [1.29, 1.82) is 10.5 Å². The van der Waals surface area contributed by atoms with Gasteiger partial charge >= 0.3 is 0 Å². The van der Waals surface area contributed by atoms with E-state index < -0.39 is 0 Å². The number of ether oxygens (including phenoxy) is 1. The first-order chi connectivity index (χ1) is 9.74. The number of aliphatic hydroxyl groups is 1. The molecule has 20 heavy (non-hydrogen) atoms. The minimum absolute atomic E-state index is 0.192. The average molecular weight is 269 g/mol. The minimum atomic E-state index is -0.220. The summed E-state index contributed by atoms with van der Waals surface area (Å²) in [5.41, 5.74) is 1.60. The molecule has 1 aromatic rings. The lowest BCUT2D eigenvalue weighted by Crippen LogP contribution is -2.23. The van der Waals surface area contributed by atoms with Gasteiger partial charge in [0.15, 0.2) is 0 Å². The van der Waals surface area contributed by atoms with Crippen LogP contribution in [0.4, 0.5) is 0 Å². The monoisotopic (exact) mass is 269 g/mol. The van der Waals surface area contributed by atoms with Crippen LogP contribution in [0.2, 0.25) is 0 Å². The molecule has 0 fully saturated rings. The highest BCUT2D eigenvalue weighted by Crippen LogP contribution is 2.19. The number of hydrogen-bond donors (Lipinski definition) is 1. The summed E-state index contributed by atoms with van der Waals surface area (Å²) in [7, 11) is 1.55. The van der Waals surface area contributed by atoms with Crippen molar-refractivity contribution in [2.45, 2.75) is 6.54 Å². The van der Waals surface area contributed by atoms with E-state index in [9.17, 15) is 0 Å². The van der Waals surface area contributed by atoms with E-state index in [1.807, 2.05) is 24.3 Å². The minimum Gasteiger partial charge on any atom is -0.495 e. The van der Waals surface area contributed by atoms with Crippen LogP contribution in [0.1, 0.15) is 11.1 Å². The summed E-state index contributed by atoms with van der Waals surface area (Å²) in [5, 5.41) is 26.2. The molecule has 1 aromatic carbocycles. The molecule has 102 valence electrons. The lowest BCUT2D eigenvalue weighted by Gasteiger charge is -2.15. The van der Waals surface area contributed by atoms with Gasteiger partial charge in [0.1, 0.15) is 12.4 Å². The zero-order valence-corrected chi connectivity index (χ0v) is 11.3. The van der Waals surface area contributed by atoms with E-state index in [2.05, 4.69) is 11.8 Å². The highest BCUT2D eigenvalue weighted by Gasteiger charge is 2.07. The van der Waals surface area contributed by atoms with Gasteiger partial charge in [-0.05, 0) is 17.7 Å². The molecule has 0 atom stereocenters. The Kier molecular flexibility index (Phi) is 6.65. The van der Waals surface area contributed by atoms with E-state index in [0.717, 1.165) is 5.56 Å². The van der Waals surface area contributed by atoms with Crippen LogP contribution >= 0.6 is 0 Å². The molecule has 0 saturated heterocycles. The van der Waals surface area contributed by atoms with Crippen LogP contribution in [0.25, 0.3) is 0 Å². The van der Waals surface area contributed by atoms with Crippen LogP contribution in [-0.4, -0.2) is 36.8 Å². The zero-order chi connectivity index (χ0) is 14.8. The summed E-state index contributed by atoms with van der Waals surface area (Å²) in [6.45, 7) is 0.649. The summed E-state index contributed by atoms with van der Waals surface area (Å²) in [5.74, 6) is 6.02. The fourth-order valence-electron chi connectivity index (χ4n) is 1.71. The summed E-state index contributed by atoms with van der Waals surface area (Å²) < 4.78 is 5.19. The van der Waals surface area contributed by atoms with Gasteiger partial charge < -0.3 is 9.84 Å². The molecule has 0 saturated carbocycles. The Balaban J connectivity index is 2.96. The van der Waals surface area contributed by atoms with Crippen molar-refractivity contribution in [2.75, 3.05) is 26.8 Å². The van der Waals surface area contributed by atoms with Gasteiger partial charge in [-0.2, -0.15) is 10.5 Å². The SMILES string of the molecule is COc1ccc(CN(CC#N)CC#N)cc1C#CCO. The van der Waals surface area contributed by atoms with Gasteiger partial charge in [-0.25, -0.2) is 0 Å². The van der Waals surface area contributed by atoms with E-state index in [1.165, 1.54) is 0 Å². The Morgan fingerprint density at radius 3 is 2.50 bits per heavy atom. The number of methoxy groups -OCH3 is 1. The summed E-state index contributed by atoms with van der Waals surface area (Å²) in [6, 6.07) is 9.55. The number of hydrogen-bond acceptors (Lipinski definition) is 5. The molecule has 0 aliphatic rings. The molecule has 1 rings (SSSR count). The van der Waals surface area contributed by atoms with Crippen LogP contribution in [0.15, 0.2) is 18.2 Å². The zero-order valence-electron chi connectivity index (χ0n) is 11.3. The predicted molar refractivity (Wildman–Crippen MR) is 73.5 cm³/mol. The number of benzene rings is 1. The molecule has 0 radical (unpaired) electrons. The first kappa shape index (κ1) is 15.5. The normalized spacial score (nSPS) is 9.25. The van der Waals surface area contributed by atoms with Crippen LogP contribution in [0, 0.1) is 34.5 Å². The summed E-state index contributed by atoms with van der Waals surface area (Å²) >= 11 is 0. The Hall–Kier alpha value is -2.52. The van der Waals surface area contributed by atoms with Gasteiger partial charge in [0.25, 0.3) is 0 Å². The second-order valence-corrected chi connectivity index (χ2v) is 3.96. The third kappa shape index (κ3) is 4.63. The third-order valence-corrected chi connectivity index (χ3v) is 2.56. The number of rotatable bonds is 5. The Labute approximate surface area is 118 Å². The number of nitrogens with zero attached hydrogens (tertiary/aromatic N) is 3. The van der Waals surface area contributed by atoms with E-state index in [1.54, 1.807) is 18.1 Å². The molecule has 0 aromatic heterocycles. The first-order valence-corrected chi connectivity index (χ1v) is 5.98.